The molecule has 7 heteroatoms. The van der Waals surface area contributed by atoms with Crippen molar-refractivity contribution in [2.75, 3.05) is 27.2 Å². The predicted octanol–water partition coefficient (Wildman–Crippen LogP) is 1.43. The van der Waals surface area contributed by atoms with Gasteiger partial charge in [0.25, 0.3) is 0 Å². The van der Waals surface area contributed by atoms with Gasteiger partial charge in [0.2, 0.25) is 10.0 Å². The summed E-state index contributed by atoms with van der Waals surface area (Å²) in [5, 5.41) is 3.47. The van der Waals surface area contributed by atoms with Gasteiger partial charge in [0.05, 0.1) is 4.90 Å². The normalized spacial score (nSPS) is 18.0. The number of likely N-dealkylation sites (tertiary alicyclic amines) is 1. The van der Waals surface area contributed by atoms with Gasteiger partial charge in [0.1, 0.15) is 0 Å². The van der Waals surface area contributed by atoms with Crippen molar-refractivity contribution in [3.05, 3.63) is 28.8 Å². The smallest absolute Gasteiger partial charge is 0.240 e. The number of rotatable bonds is 5. The molecule has 0 aromatic heterocycles. The lowest BCUT2D eigenvalue weighted by atomic mass is 10.1. The molecule has 21 heavy (non-hydrogen) atoms. The fourth-order valence-corrected chi connectivity index (χ4v) is 4.09. The first-order valence-electron chi connectivity index (χ1n) is 7.06. The molecule has 5 nitrogen and oxygen atoms in total. The third-order valence-electron chi connectivity index (χ3n) is 3.74. The molecule has 0 spiro atoms. The van der Waals surface area contributed by atoms with Gasteiger partial charge in [-0.2, -0.15) is 0 Å². The monoisotopic (exact) mass is 331 g/mol. The first-order valence-corrected chi connectivity index (χ1v) is 8.92. The summed E-state index contributed by atoms with van der Waals surface area (Å²) in [6, 6.07) is 4.88. The van der Waals surface area contributed by atoms with Crippen LogP contribution in [0.3, 0.4) is 0 Å². The van der Waals surface area contributed by atoms with Crippen LogP contribution in [-0.2, 0) is 16.6 Å². The Morgan fingerprint density at radius 1 is 1.33 bits per heavy atom. The van der Waals surface area contributed by atoms with Crippen LogP contribution in [0.15, 0.2) is 23.1 Å². The number of nitrogens with zero attached hydrogens (tertiary/aromatic N) is 1. The van der Waals surface area contributed by atoms with Gasteiger partial charge in [-0.1, -0.05) is 17.7 Å². The molecule has 1 aliphatic rings. The van der Waals surface area contributed by atoms with E-state index in [0.717, 1.165) is 31.5 Å². The molecule has 1 aromatic rings. The summed E-state index contributed by atoms with van der Waals surface area (Å²) >= 11 is 6.14. The first-order chi connectivity index (χ1) is 9.92. The number of benzene rings is 1. The molecule has 2 N–H and O–H groups in total. The van der Waals surface area contributed by atoms with Crippen molar-refractivity contribution in [3.63, 3.8) is 0 Å². The van der Waals surface area contributed by atoms with Gasteiger partial charge >= 0.3 is 0 Å². The zero-order chi connectivity index (χ0) is 15.5. The van der Waals surface area contributed by atoms with E-state index in [4.69, 9.17) is 11.6 Å². The van der Waals surface area contributed by atoms with Gasteiger partial charge in [-0.15, -0.1) is 0 Å². The van der Waals surface area contributed by atoms with E-state index in [-0.39, 0.29) is 10.9 Å². The van der Waals surface area contributed by atoms with E-state index in [9.17, 15) is 8.42 Å². The van der Waals surface area contributed by atoms with E-state index in [0.29, 0.717) is 11.6 Å². The molecule has 0 aliphatic carbocycles. The van der Waals surface area contributed by atoms with Crippen molar-refractivity contribution in [2.24, 2.45) is 0 Å². The molecule has 0 unspecified atom stereocenters. The number of halogens is 1. The largest absolute Gasteiger partial charge is 0.316 e. The molecule has 1 aliphatic heterocycles. The Kier molecular flexibility index (Phi) is 5.62. The van der Waals surface area contributed by atoms with Crippen molar-refractivity contribution in [3.8, 4) is 0 Å². The van der Waals surface area contributed by atoms with E-state index in [1.54, 1.807) is 12.1 Å². The maximum absolute atomic E-state index is 12.4. The lowest BCUT2D eigenvalue weighted by Crippen LogP contribution is -2.43. The van der Waals surface area contributed by atoms with Crippen molar-refractivity contribution >= 4 is 21.6 Å². The van der Waals surface area contributed by atoms with Gasteiger partial charge in [0, 0.05) is 17.6 Å². The Morgan fingerprint density at radius 3 is 2.57 bits per heavy atom. The third kappa shape index (κ3) is 4.40. The van der Waals surface area contributed by atoms with E-state index in [1.165, 1.54) is 6.07 Å². The number of hydrogen-bond donors (Lipinski definition) is 2. The SMILES string of the molecule is CNCc1ccc(S(=O)(=O)NC2CCN(C)CC2)cc1Cl. The molecule has 0 saturated carbocycles. The van der Waals surface area contributed by atoms with Crippen LogP contribution in [0.4, 0.5) is 0 Å². The van der Waals surface area contributed by atoms with Crippen LogP contribution < -0.4 is 10.0 Å². The van der Waals surface area contributed by atoms with Gasteiger partial charge in [0.15, 0.2) is 0 Å². The lowest BCUT2D eigenvalue weighted by molar-refractivity contribution is 0.248. The van der Waals surface area contributed by atoms with Crippen LogP contribution in [0.25, 0.3) is 0 Å². The molecular formula is C14H22ClN3O2S. The number of piperidine rings is 1. The maximum atomic E-state index is 12.4. The Bertz CT molecular complexity index is 584. The molecule has 118 valence electrons. The summed E-state index contributed by atoms with van der Waals surface area (Å²) in [6.45, 7) is 2.44. The Labute approximate surface area is 131 Å². The molecule has 2 rings (SSSR count). The van der Waals surface area contributed by atoms with Crippen molar-refractivity contribution in [1.29, 1.82) is 0 Å². The minimum atomic E-state index is -3.50. The topological polar surface area (TPSA) is 61.4 Å². The minimum Gasteiger partial charge on any atom is -0.316 e. The van der Waals surface area contributed by atoms with E-state index >= 15 is 0 Å². The average Bonchev–Trinajstić information content (AvgIpc) is 2.43. The summed E-state index contributed by atoms with van der Waals surface area (Å²) in [4.78, 5) is 2.43. The second-order valence-electron chi connectivity index (χ2n) is 5.48. The van der Waals surface area contributed by atoms with E-state index < -0.39 is 10.0 Å². The quantitative estimate of drug-likeness (QED) is 0.857. The van der Waals surface area contributed by atoms with Gasteiger partial charge < -0.3 is 10.2 Å². The van der Waals surface area contributed by atoms with E-state index in [2.05, 4.69) is 14.9 Å². The highest BCUT2D eigenvalue weighted by Crippen LogP contribution is 2.21. The Morgan fingerprint density at radius 2 is 2.00 bits per heavy atom. The maximum Gasteiger partial charge on any atom is 0.240 e. The Hall–Kier alpha value is -0.660. The molecule has 1 aromatic carbocycles. The zero-order valence-electron chi connectivity index (χ0n) is 12.4. The lowest BCUT2D eigenvalue weighted by Gasteiger charge is -2.29. The highest BCUT2D eigenvalue weighted by atomic mass is 35.5. The Balaban J connectivity index is 2.10. The molecule has 1 fully saturated rings. The first kappa shape index (κ1) is 16.7. The van der Waals surface area contributed by atoms with Crippen LogP contribution in [-0.4, -0.2) is 46.5 Å². The van der Waals surface area contributed by atoms with Crippen LogP contribution in [0.2, 0.25) is 5.02 Å². The van der Waals surface area contributed by atoms with Crippen molar-refractivity contribution < 1.29 is 8.42 Å². The fourth-order valence-electron chi connectivity index (χ4n) is 2.44. The highest BCUT2D eigenvalue weighted by molar-refractivity contribution is 7.89. The summed E-state index contributed by atoms with van der Waals surface area (Å²) in [6.07, 6.45) is 1.67. The molecule has 0 atom stereocenters. The molecule has 0 bridgehead atoms. The second kappa shape index (κ2) is 7.07. The van der Waals surface area contributed by atoms with Crippen molar-refractivity contribution in [1.82, 2.24) is 14.9 Å². The number of nitrogens with one attached hydrogen (secondary N) is 2. The van der Waals surface area contributed by atoms with Gasteiger partial charge in [-0.3, -0.25) is 0 Å². The van der Waals surface area contributed by atoms with Crippen LogP contribution >= 0.6 is 11.6 Å². The number of hydrogen-bond acceptors (Lipinski definition) is 4. The fraction of sp³-hybridized carbons (Fsp3) is 0.571. The molecule has 1 heterocycles. The predicted molar refractivity (Wildman–Crippen MR) is 85.1 cm³/mol. The minimum absolute atomic E-state index is 0.00182. The molecule has 0 radical (unpaired) electrons. The summed E-state index contributed by atoms with van der Waals surface area (Å²) in [7, 11) is 0.364. The summed E-state index contributed by atoms with van der Waals surface area (Å²) in [5.41, 5.74) is 0.886. The molecular weight excluding hydrogens is 310 g/mol. The van der Waals surface area contributed by atoms with Crippen LogP contribution in [0.5, 0.6) is 0 Å². The third-order valence-corrected chi connectivity index (χ3v) is 5.61. The summed E-state index contributed by atoms with van der Waals surface area (Å²) in [5.74, 6) is 0. The standard InChI is InChI=1S/C14H22ClN3O2S/c1-16-10-11-3-4-13(9-14(11)15)21(19,20)17-12-5-7-18(2)8-6-12/h3-4,9,12,16-17H,5-8,10H2,1-2H3. The molecule has 1 saturated heterocycles. The van der Waals surface area contributed by atoms with Gasteiger partial charge in [-0.05, 0) is 57.7 Å². The summed E-state index contributed by atoms with van der Waals surface area (Å²) < 4.78 is 27.6. The zero-order valence-corrected chi connectivity index (χ0v) is 14.0. The van der Waals surface area contributed by atoms with Crippen molar-refractivity contribution in [2.45, 2.75) is 30.3 Å². The van der Waals surface area contributed by atoms with Crippen LogP contribution in [0.1, 0.15) is 18.4 Å². The van der Waals surface area contributed by atoms with Gasteiger partial charge in [-0.25, -0.2) is 13.1 Å². The second-order valence-corrected chi connectivity index (χ2v) is 7.60. The average molecular weight is 332 g/mol. The number of sulfonamides is 1. The van der Waals surface area contributed by atoms with E-state index in [1.807, 2.05) is 14.1 Å². The van der Waals surface area contributed by atoms with Crippen LogP contribution in [0, 0.1) is 0 Å². The highest BCUT2D eigenvalue weighted by Gasteiger charge is 2.23. The molecule has 0 amide bonds.